The third kappa shape index (κ3) is 2.41. The number of rotatable bonds is 3. The zero-order valence-corrected chi connectivity index (χ0v) is 14.6. The van der Waals surface area contributed by atoms with Crippen molar-refractivity contribution < 1.29 is 4.79 Å². The maximum Gasteiger partial charge on any atom is 0.220 e. The van der Waals surface area contributed by atoms with Gasteiger partial charge in [-0.2, -0.15) is 5.10 Å². The van der Waals surface area contributed by atoms with Gasteiger partial charge in [-0.05, 0) is 43.0 Å². The van der Waals surface area contributed by atoms with Crippen molar-refractivity contribution in [3.8, 4) is 0 Å². The third-order valence-corrected chi connectivity index (χ3v) is 6.11. The fourth-order valence-corrected chi connectivity index (χ4v) is 4.87. The number of amides is 1. The highest BCUT2D eigenvalue weighted by Gasteiger charge is 2.27. The fraction of sp³-hybridized carbons (Fsp3) is 0.222. The smallest absolute Gasteiger partial charge is 0.220 e. The summed E-state index contributed by atoms with van der Waals surface area (Å²) in [6, 6.07) is 6.02. The lowest BCUT2D eigenvalue weighted by atomic mass is 9.87. The van der Waals surface area contributed by atoms with Crippen LogP contribution in [0.3, 0.4) is 0 Å². The summed E-state index contributed by atoms with van der Waals surface area (Å²) in [7, 11) is 0. The molecule has 26 heavy (non-hydrogen) atoms. The number of nitrogens with two attached hydrogens (primary N) is 1. The van der Waals surface area contributed by atoms with Crippen LogP contribution in [0.2, 0.25) is 0 Å². The zero-order valence-electron chi connectivity index (χ0n) is 13.8. The molecule has 1 atom stereocenters. The number of aromatic nitrogens is 4. The summed E-state index contributed by atoms with van der Waals surface area (Å²) in [6.07, 6.45) is 5.68. The molecule has 7 nitrogen and oxygen atoms in total. The molecule has 0 aliphatic heterocycles. The minimum absolute atomic E-state index is 0.0802. The molecule has 1 unspecified atom stereocenters. The van der Waals surface area contributed by atoms with Crippen LogP contribution in [0.15, 0.2) is 30.7 Å². The first-order chi connectivity index (χ1) is 12.7. The number of anilines is 2. The number of carbonyl (C=O) groups excluding carboxylic acids is 1. The molecule has 4 N–H and O–H groups in total. The first-order valence-electron chi connectivity index (χ1n) is 8.44. The predicted molar refractivity (Wildman–Crippen MR) is 102 cm³/mol. The maximum absolute atomic E-state index is 11.6. The molecule has 0 saturated carbocycles. The highest BCUT2D eigenvalue weighted by molar-refractivity contribution is 7.19. The van der Waals surface area contributed by atoms with Crippen LogP contribution in [0.25, 0.3) is 21.1 Å². The summed E-state index contributed by atoms with van der Waals surface area (Å²) in [5.41, 5.74) is 8.69. The highest BCUT2D eigenvalue weighted by atomic mass is 32.1. The van der Waals surface area contributed by atoms with E-state index in [1.54, 1.807) is 23.9 Å². The van der Waals surface area contributed by atoms with Crippen molar-refractivity contribution in [2.45, 2.75) is 19.3 Å². The Bertz CT molecular complexity index is 1150. The Kier molecular flexibility index (Phi) is 3.39. The molecular weight excluding hydrogens is 348 g/mol. The second-order valence-electron chi connectivity index (χ2n) is 6.55. The van der Waals surface area contributed by atoms with Crippen LogP contribution in [0.4, 0.5) is 11.5 Å². The van der Waals surface area contributed by atoms with Crippen molar-refractivity contribution in [2.75, 3.05) is 5.32 Å². The summed E-state index contributed by atoms with van der Waals surface area (Å²) in [6.45, 7) is 0. The molecule has 5 rings (SSSR count). The van der Waals surface area contributed by atoms with Gasteiger partial charge in [0.05, 0.1) is 17.1 Å². The molecule has 1 aliphatic rings. The number of fused-ring (bicyclic) bond motifs is 4. The number of carbonyl (C=O) groups is 1. The van der Waals surface area contributed by atoms with E-state index < -0.39 is 0 Å². The van der Waals surface area contributed by atoms with Gasteiger partial charge in [-0.15, -0.1) is 11.3 Å². The molecule has 8 heteroatoms. The highest BCUT2D eigenvalue weighted by Crippen LogP contribution is 2.40. The summed E-state index contributed by atoms with van der Waals surface area (Å²) >= 11 is 1.64. The van der Waals surface area contributed by atoms with Gasteiger partial charge in [0.1, 0.15) is 17.0 Å². The van der Waals surface area contributed by atoms with Crippen LogP contribution < -0.4 is 11.1 Å². The Morgan fingerprint density at radius 1 is 1.35 bits per heavy atom. The number of primary amides is 1. The van der Waals surface area contributed by atoms with E-state index in [4.69, 9.17) is 5.73 Å². The molecule has 3 aromatic heterocycles. The van der Waals surface area contributed by atoms with Crippen LogP contribution in [0, 0.1) is 5.92 Å². The summed E-state index contributed by atoms with van der Waals surface area (Å²) in [4.78, 5) is 22.6. The third-order valence-electron chi connectivity index (χ3n) is 4.95. The van der Waals surface area contributed by atoms with Gasteiger partial charge < -0.3 is 11.1 Å². The van der Waals surface area contributed by atoms with Gasteiger partial charge in [0.25, 0.3) is 0 Å². The van der Waals surface area contributed by atoms with E-state index >= 15 is 0 Å². The molecule has 130 valence electrons. The first kappa shape index (κ1) is 15.3. The van der Waals surface area contributed by atoms with Gasteiger partial charge in [0, 0.05) is 21.9 Å². The van der Waals surface area contributed by atoms with Gasteiger partial charge in [-0.25, -0.2) is 9.97 Å². The topological polar surface area (TPSA) is 110 Å². The van der Waals surface area contributed by atoms with Crippen molar-refractivity contribution in [3.63, 3.8) is 0 Å². The monoisotopic (exact) mass is 364 g/mol. The SMILES string of the molecule is NC(=O)C1CCc2c(sc3ncnc(Nc4ccc5[nH]ncc5c4)c23)C1. The van der Waals surface area contributed by atoms with Crippen LogP contribution in [0.1, 0.15) is 16.9 Å². The molecule has 0 fully saturated rings. The molecular formula is C18H16N6OS. The second kappa shape index (κ2) is 5.77. The molecule has 3 heterocycles. The van der Waals surface area contributed by atoms with E-state index in [0.717, 1.165) is 45.5 Å². The Balaban J connectivity index is 1.57. The second-order valence-corrected chi connectivity index (χ2v) is 7.63. The number of thiophene rings is 1. The molecule has 1 aromatic carbocycles. The lowest BCUT2D eigenvalue weighted by Crippen LogP contribution is -2.27. The van der Waals surface area contributed by atoms with E-state index in [9.17, 15) is 4.79 Å². The van der Waals surface area contributed by atoms with Gasteiger partial charge in [-0.3, -0.25) is 9.89 Å². The lowest BCUT2D eigenvalue weighted by Gasteiger charge is -2.19. The van der Waals surface area contributed by atoms with Gasteiger partial charge >= 0.3 is 0 Å². The molecule has 1 aliphatic carbocycles. The number of hydrogen-bond donors (Lipinski definition) is 3. The van der Waals surface area contributed by atoms with E-state index in [-0.39, 0.29) is 11.8 Å². The van der Waals surface area contributed by atoms with Crippen molar-refractivity contribution >= 4 is 49.9 Å². The Morgan fingerprint density at radius 2 is 2.27 bits per heavy atom. The minimum atomic E-state index is -0.217. The summed E-state index contributed by atoms with van der Waals surface area (Å²) in [5, 5.41) is 12.5. The molecule has 0 spiro atoms. The quantitative estimate of drug-likeness (QED) is 0.518. The van der Waals surface area contributed by atoms with E-state index in [1.807, 2.05) is 18.2 Å². The van der Waals surface area contributed by atoms with Gasteiger partial charge in [0.2, 0.25) is 5.91 Å². The largest absolute Gasteiger partial charge is 0.369 e. The molecule has 0 bridgehead atoms. The molecule has 1 amide bonds. The number of hydrogen-bond acceptors (Lipinski definition) is 6. The van der Waals surface area contributed by atoms with E-state index in [0.29, 0.717) is 6.42 Å². The van der Waals surface area contributed by atoms with Gasteiger partial charge in [0.15, 0.2) is 0 Å². The number of aromatic amines is 1. The average molecular weight is 364 g/mol. The maximum atomic E-state index is 11.6. The fourth-order valence-electron chi connectivity index (χ4n) is 3.61. The Hall–Kier alpha value is -3.00. The number of nitrogens with zero attached hydrogens (tertiary/aromatic N) is 3. The molecule has 0 radical (unpaired) electrons. The van der Waals surface area contributed by atoms with E-state index in [2.05, 4.69) is 25.5 Å². The zero-order chi connectivity index (χ0) is 17.7. The standard InChI is InChI=1S/C18H16N6OS/c19-16(25)9-1-3-12-14(6-9)26-18-15(12)17(20-8-21-18)23-11-2-4-13-10(5-11)7-22-24-13/h2,4-5,7-9H,1,3,6H2,(H2,19,25)(H,22,24)(H,20,21,23). The summed E-state index contributed by atoms with van der Waals surface area (Å²) < 4.78 is 0. The molecule has 0 saturated heterocycles. The Labute approximate surface area is 152 Å². The number of aryl methyl sites for hydroxylation is 1. The minimum Gasteiger partial charge on any atom is -0.369 e. The Morgan fingerprint density at radius 3 is 3.15 bits per heavy atom. The van der Waals surface area contributed by atoms with Crippen LogP contribution >= 0.6 is 11.3 Å². The van der Waals surface area contributed by atoms with Crippen LogP contribution in [-0.2, 0) is 17.6 Å². The average Bonchev–Trinajstić information content (AvgIpc) is 3.25. The number of H-pyrrole nitrogens is 1. The first-order valence-corrected chi connectivity index (χ1v) is 9.25. The summed E-state index contributed by atoms with van der Waals surface area (Å²) in [5.74, 6) is 0.502. The predicted octanol–water partition coefficient (Wildman–Crippen LogP) is 2.90. The lowest BCUT2D eigenvalue weighted by molar-refractivity contribution is -0.122. The normalized spacial score (nSPS) is 16.7. The number of nitrogens with one attached hydrogen (secondary N) is 2. The number of benzene rings is 1. The van der Waals surface area contributed by atoms with Gasteiger partial charge in [-0.1, -0.05) is 0 Å². The van der Waals surface area contributed by atoms with Crippen molar-refractivity contribution in [1.29, 1.82) is 0 Å². The molecule has 4 aromatic rings. The van der Waals surface area contributed by atoms with E-state index in [1.165, 1.54) is 10.4 Å². The van der Waals surface area contributed by atoms with Crippen LogP contribution in [0.5, 0.6) is 0 Å². The van der Waals surface area contributed by atoms with Crippen molar-refractivity contribution in [3.05, 3.63) is 41.2 Å². The van der Waals surface area contributed by atoms with Crippen LogP contribution in [-0.4, -0.2) is 26.1 Å². The van der Waals surface area contributed by atoms with Crippen molar-refractivity contribution in [2.24, 2.45) is 11.7 Å². The van der Waals surface area contributed by atoms with Crippen molar-refractivity contribution in [1.82, 2.24) is 20.2 Å².